The smallest absolute Gasteiger partial charge is 0.224 e. The predicted octanol–water partition coefficient (Wildman–Crippen LogP) is 3.55. The first-order chi connectivity index (χ1) is 9.77. The monoisotopic (exact) mass is 310 g/mol. The second-order valence-corrected chi connectivity index (χ2v) is 8.34. The molecule has 0 saturated heterocycles. The lowest BCUT2D eigenvalue weighted by Gasteiger charge is -2.43. The van der Waals surface area contributed by atoms with E-state index in [0.29, 0.717) is 10.9 Å². The van der Waals surface area contributed by atoms with Gasteiger partial charge in [-0.3, -0.25) is 4.79 Å². The maximum atomic E-state index is 12.8. The molecule has 1 amide bonds. The number of rotatable bonds is 3. The van der Waals surface area contributed by atoms with Crippen LogP contribution in [0.1, 0.15) is 72.1 Å². The van der Waals surface area contributed by atoms with Crippen LogP contribution in [0.15, 0.2) is 0 Å². The Labute approximate surface area is 134 Å². The van der Waals surface area contributed by atoms with Gasteiger partial charge in [-0.05, 0) is 49.9 Å². The van der Waals surface area contributed by atoms with Crippen LogP contribution in [0.25, 0.3) is 0 Å². The number of nitrogens with two attached hydrogens (primary N) is 1. The van der Waals surface area contributed by atoms with E-state index in [2.05, 4.69) is 26.1 Å². The number of carbonyl (C=O) groups excluding carboxylic acids is 1. The third-order valence-corrected chi connectivity index (χ3v) is 6.18. The molecule has 120 valence electrons. The molecule has 2 saturated carbocycles. The topological polar surface area (TPSA) is 55.1 Å². The molecule has 0 aromatic heterocycles. The van der Waals surface area contributed by atoms with Crippen LogP contribution < -0.4 is 11.1 Å². The number of hydrogen-bond donors (Lipinski definition) is 2. The number of nitrogens with one attached hydrogen (secondary N) is 1. The molecule has 3 N–H and O–H groups in total. The molecule has 0 bridgehead atoms. The van der Waals surface area contributed by atoms with E-state index < -0.39 is 5.54 Å². The average molecular weight is 311 g/mol. The maximum absolute atomic E-state index is 12.8. The van der Waals surface area contributed by atoms with Crippen molar-refractivity contribution in [3.05, 3.63) is 0 Å². The van der Waals surface area contributed by atoms with Crippen LogP contribution in [0.3, 0.4) is 0 Å². The third kappa shape index (κ3) is 3.58. The van der Waals surface area contributed by atoms with Crippen molar-refractivity contribution < 1.29 is 4.79 Å². The van der Waals surface area contributed by atoms with Gasteiger partial charge in [-0.1, -0.05) is 45.8 Å². The normalized spacial score (nSPS) is 36.0. The lowest BCUT2D eigenvalue weighted by atomic mass is 9.68. The molecule has 0 radical (unpaired) electrons. The summed E-state index contributed by atoms with van der Waals surface area (Å²) < 4.78 is 0. The molecule has 21 heavy (non-hydrogen) atoms. The summed E-state index contributed by atoms with van der Waals surface area (Å²) in [6, 6.07) is 0. The highest BCUT2D eigenvalue weighted by atomic mass is 32.1. The minimum Gasteiger partial charge on any atom is -0.391 e. The molecule has 4 heteroatoms. The summed E-state index contributed by atoms with van der Waals surface area (Å²) in [6.07, 6.45) is 8.46. The summed E-state index contributed by atoms with van der Waals surface area (Å²) in [4.78, 5) is 13.3. The van der Waals surface area contributed by atoms with Gasteiger partial charge in [0.15, 0.2) is 0 Å². The molecule has 0 spiro atoms. The van der Waals surface area contributed by atoms with E-state index in [-0.39, 0.29) is 17.2 Å². The number of carbonyl (C=O) groups is 1. The highest BCUT2D eigenvalue weighted by molar-refractivity contribution is 7.80. The Kier molecular flexibility index (Phi) is 4.96. The van der Waals surface area contributed by atoms with Crippen LogP contribution in [0.4, 0.5) is 0 Å². The number of thiocarbonyl (C=S) groups is 1. The zero-order chi connectivity index (χ0) is 15.7. The third-order valence-electron chi connectivity index (χ3n) is 5.79. The predicted molar refractivity (Wildman–Crippen MR) is 91.0 cm³/mol. The summed E-state index contributed by atoms with van der Waals surface area (Å²) in [5.41, 5.74) is 5.66. The van der Waals surface area contributed by atoms with Gasteiger partial charge in [-0.15, -0.1) is 0 Å². The van der Waals surface area contributed by atoms with Crippen molar-refractivity contribution in [3.8, 4) is 0 Å². The number of hydrogen-bond acceptors (Lipinski definition) is 2. The SMILES string of the molecule is CC1CCC(NC(=O)C2CCCCC2(C)C)(C(N)=S)CC1. The quantitative estimate of drug-likeness (QED) is 0.784. The second kappa shape index (κ2) is 6.23. The van der Waals surface area contributed by atoms with Gasteiger partial charge < -0.3 is 11.1 Å². The van der Waals surface area contributed by atoms with Crippen LogP contribution in [0.2, 0.25) is 0 Å². The molecule has 2 aliphatic rings. The Balaban J connectivity index is 2.10. The zero-order valence-corrected chi connectivity index (χ0v) is 14.5. The molecule has 0 aromatic carbocycles. The highest BCUT2D eigenvalue weighted by Crippen LogP contribution is 2.41. The van der Waals surface area contributed by atoms with Crippen LogP contribution in [-0.4, -0.2) is 16.4 Å². The van der Waals surface area contributed by atoms with Crippen molar-refractivity contribution >= 4 is 23.1 Å². The Morgan fingerprint density at radius 1 is 1.14 bits per heavy atom. The Morgan fingerprint density at radius 2 is 1.76 bits per heavy atom. The first-order valence-electron chi connectivity index (χ1n) is 8.39. The van der Waals surface area contributed by atoms with E-state index in [4.69, 9.17) is 18.0 Å². The fraction of sp³-hybridized carbons (Fsp3) is 0.882. The lowest BCUT2D eigenvalue weighted by molar-refractivity contribution is -0.131. The zero-order valence-electron chi connectivity index (χ0n) is 13.7. The van der Waals surface area contributed by atoms with Crippen LogP contribution >= 0.6 is 12.2 Å². The number of amides is 1. The first-order valence-corrected chi connectivity index (χ1v) is 8.80. The molecule has 0 aromatic rings. The molecule has 1 unspecified atom stereocenters. The van der Waals surface area contributed by atoms with Gasteiger partial charge in [0, 0.05) is 5.92 Å². The van der Waals surface area contributed by atoms with Gasteiger partial charge in [0.25, 0.3) is 0 Å². The van der Waals surface area contributed by atoms with Crippen LogP contribution in [0.5, 0.6) is 0 Å². The Bertz CT molecular complexity index is 411. The fourth-order valence-electron chi connectivity index (χ4n) is 3.99. The van der Waals surface area contributed by atoms with Gasteiger partial charge in [-0.25, -0.2) is 0 Å². The van der Waals surface area contributed by atoms with Crippen molar-refractivity contribution in [2.45, 2.75) is 77.7 Å². The molecule has 2 fully saturated rings. The van der Waals surface area contributed by atoms with Crippen molar-refractivity contribution in [2.75, 3.05) is 0 Å². The second-order valence-electron chi connectivity index (χ2n) is 7.91. The van der Waals surface area contributed by atoms with Gasteiger partial charge in [0.05, 0.1) is 10.5 Å². The Hall–Kier alpha value is -0.640. The lowest BCUT2D eigenvalue weighted by Crippen LogP contribution is -2.60. The Morgan fingerprint density at radius 3 is 2.29 bits per heavy atom. The van der Waals surface area contributed by atoms with E-state index in [1.165, 1.54) is 6.42 Å². The molecule has 2 rings (SSSR count). The van der Waals surface area contributed by atoms with E-state index in [0.717, 1.165) is 44.9 Å². The van der Waals surface area contributed by atoms with Gasteiger partial charge in [-0.2, -0.15) is 0 Å². The van der Waals surface area contributed by atoms with E-state index in [1.54, 1.807) is 0 Å². The van der Waals surface area contributed by atoms with Crippen molar-refractivity contribution in [3.63, 3.8) is 0 Å². The van der Waals surface area contributed by atoms with Crippen LogP contribution in [0, 0.1) is 17.3 Å². The maximum Gasteiger partial charge on any atom is 0.224 e. The minimum absolute atomic E-state index is 0.0850. The standard InChI is InChI=1S/C17H30N2OS/c1-12-7-10-17(11-8-12,15(18)21)19-14(20)13-6-4-5-9-16(13,2)3/h12-13H,4-11H2,1-3H3,(H2,18,21)(H,19,20). The summed E-state index contributed by atoms with van der Waals surface area (Å²) >= 11 is 5.31. The van der Waals surface area contributed by atoms with E-state index >= 15 is 0 Å². The van der Waals surface area contributed by atoms with Crippen molar-refractivity contribution in [1.82, 2.24) is 5.32 Å². The molecular formula is C17H30N2OS. The van der Waals surface area contributed by atoms with E-state index in [1.807, 2.05) is 0 Å². The van der Waals surface area contributed by atoms with Gasteiger partial charge >= 0.3 is 0 Å². The van der Waals surface area contributed by atoms with Gasteiger partial charge in [0.2, 0.25) is 5.91 Å². The molecule has 0 heterocycles. The molecule has 1 atom stereocenters. The highest BCUT2D eigenvalue weighted by Gasteiger charge is 2.43. The molecular weight excluding hydrogens is 280 g/mol. The van der Waals surface area contributed by atoms with E-state index in [9.17, 15) is 4.79 Å². The van der Waals surface area contributed by atoms with Crippen molar-refractivity contribution in [1.29, 1.82) is 0 Å². The molecule has 3 nitrogen and oxygen atoms in total. The van der Waals surface area contributed by atoms with Crippen molar-refractivity contribution in [2.24, 2.45) is 23.0 Å². The molecule has 0 aliphatic heterocycles. The summed E-state index contributed by atoms with van der Waals surface area (Å²) in [5, 5.41) is 3.27. The molecule has 2 aliphatic carbocycles. The van der Waals surface area contributed by atoms with Crippen LogP contribution in [-0.2, 0) is 4.79 Å². The average Bonchev–Trinajstić information content (AvgIpc) is 2.40. The summed E-state index contributed by atoms with van der Waals surface area (Å²) in [5.74, 6) is 0.967. The largest absolute Gasteiger partial charge is 0.391 e. The fourth-order valence-corrected chi connectivity index (χ4v) is 4.25. The summed E-state index contributed by atoms with van der Waals surface area (Å²) in [6.45, 7) is 6.69. The minimum atomic E-state index is -0.438. The first kappa shape index (κ1) is 16.7. The van der Waals surface area contributed by atoms with Gasteiger partial charge in [0.1, 0.15) is 0 Å². The summed E-state index contributed by atoms with van der Waals surface area (Å²) in [7, 11) is 0.